The molecule has 11 rings (SSSR count). The molecule has 5 heterocycles. The molecule has 4 fully saturated rings. The van der Waals surface area contributed by atoms with Crippen molar-refractivity contribution >= 4 is 23.3 Å². The van der Waals surface area contributed by atoms with Crippen LogP contribution in [0.4, 0.5) is 20.3 Å². The zero-order valence-corrected chi connectivity index (χ0v) is 43.1. The lowest BCUT2D eigenvalue weighted by Gasteiger charge is -2.63. The number of likely N-dealkylation sites (tertiary alicyclic amines) is 1. The fourth-order valence-electron chi connectivity index (χ4n) is 13.9. The number of carbonyl (C=O) groups is 2. The predicted octanol–water partition coefficient (Wildman–Crippen LogP) is 9.73. The van der Waals surface area contributed by atoms with E-state index in [9.17, 15) is 23.6 Å². The number of halogens is 2. The Morgan fingerprint density at radius 1 is 0.904 bits per heavy atom. The number of carbonyl (C=O) groups excluding carboxylic acids is 2. The van der Waals surface area contributed by atoms with Gasteiger partial charge in [0.2, 0.25) is 5.91 Å². The summed E-state index contributed by atoms with van der Waals surface area (Å²) >= 11 is 0. The third kappa shape index (κ3) is 8.68. The van der Waals surface area contributed by atoms with Gasteiger partial charge >= 0.3 is 0 Å². The van der Waals surface area contributed by atoms with Gasteiger partial charge in [0.25, 0.3) is 12.3 Å². The van der Waals surface area contributed by atoms with Gasteiger partial charge in [-0.3, -0.25) is 23.9 Å². The highest BCUT2D eigenvalue weighted by Gasteiger charge is 2.64. The number of aromatic nitrogens is 4. The van der Waals surface area contributed by atoms with E-state index in [1.54, 1.807) is 55.3 Å². The number of anilines is 2. The lowest BCUT2D eigenvalue weighted by Crippen LogP contribution is -2.74. The summed E-state index contributed by atoms with van der Waals surface area (Å²) in [7, 11) is 3.33. The Labute approximate surface area is 426 Å². The molecule has 2 aromatic heterocycles. The minimum absolute atomic E-state index is 0.00770. The van der Waals surface area contributed by atoms with E-state index < -0.39 is 6.43 Å². The summed E-state index contributed by atoms with van der Waals surface area (Å²) in [6.45, 7) is 14.0. The number of benzene rings is 3. The number of hydrogen-bond donors (Lipinski definition) is 1. The maximum atomic E-state index is 14.8. The molecular weight excluding hydrogens is 929 g/mol. The number of nitrogens with zero attached hydrogens (tertiary/aromatic N) is 8. The Morgan fingerprint density at radius 3 is 2.27 bits per heavy atom. The van der Waals surface area contributed by atoms with Gasteiger partial charge in [0, 0.05) is 121 Å². The number of methoxy groups -OCH3 is 1. The van der Waals surface area contributed by atoms with E-state index in [1.165, 1.54) is 12.8 Å². The van der Waals surface area contributed by atoms with Crippen LogP contribution in [0.5, 0.6) is 17.2 Å². The van der Waals surface area contributed by atoms with E-state index in [0.717, 1.165) is 99.3 Å². The van der Waals surface area contributed by atoms with Gasteiger partial charge in [0.15, 0.2) is 5.82 Å². The Hall–Kier alpha value is -6.47. The number of aryl methyl sites for hydroxylation is 2. The van der Waals surface area contributed by atoms with Crippen LogP contribution >= 0.6 is 0 Å². The van der Waals surface area contributed by atoms with Crippen LogP contribution in [0, 0.1) is 27.6 Å². The van der Waals surface area contributed by atoms with E-state index >= 15 is 0 Å². The SMILES string of the molecule is COc1cc(OC2C(C)(C)C(NC(=O)c3ccc(OC4CC5(C4)CN(C4CCC(n6nc(N7CCCc8cc(-c9cnn(C)c9)c(C(F)F)cc87)c7c6CCN(C(C)=O)C7)CC4)C5)cc3)C2(C)C)ccc1C#N. The second-order valence-electron chi connectivity index (χ2n) is 23.0. The van der Waals surface area contributed by atoms with Crippen molar-refractivity contribution < 1.29 is 32.6 Å². The first-order valence-corrected chi connectivity index (χ1v) is 26.1. The molecule has 5 aromatic rings. The molecule has 0 atom stereocenters. The van der Waals surface area contributed by atoms with Crippen LogP contribution in [0.1, 0.15) is 130 Å². The minimum Gasteiger partial charge on any atom is -0.495 e. The molecule has 3 aromatic carbocycles. The average Bonchev–Trinajstić information content (AvgIpc) is 3.97. The predicted molar refractivity (Wildman–Crippen MR) is 272 cm³/mol. The molecule has 384 valence electrons. The van der Waals surface area contributed by atoms with Crippen LogP contribution in [-0.4, -0.2) is 98.8 Å². The van der Waals surface area contributed by atoms with Crippen molar-refractivity contribution in [3.8, 4) is 34.4 Å². The van der Waals surface area contributed by atoms with Gasteiger partial charge in [-0.15, -0.1) is 0 Å². The fraction of sp³-hybridized carbons (Fsp3) is 0.526. The molecule has 1 N–H and O–H groups in total. The number of ether oxygens (including phenoxy) is 3. The largest absolute Gasteiger partial charge is 0.495 e. The Bertz CT molecular complexity index is 2960. The molecule has 16 heteroatoms. The Kier molecular flexibility index (Phi) is 12.3. The topological polar surface area (TPSA) is 143 Å². The Morgan fingerprint density at radius 2 is 1.62 bits per heavy atom. The molecule has 1 spiro atoms. The van der Waals surface area contributed by atoms with Crippen molar-refractivity contribution in [2.45, 2.75) is 136 Å². The summed E-state index contributed by atoms with van der Waals surface area (Å²) < 4.78 is 51.8. The van der Waals surface area contributed by atoms with Gasteiger partial charge in [0.05, 0.1) is 37.6 Å². The summed E-state index contributed by atoms with van der Waals surface area (Å²) in [5.41, 5.74) is 5.81. The third-order valence-electron chi connectivity index (χ3n) is 17.4. The number of amides is 2. The van der Waals surface area contributed by atoms with Crippen molar-refractivity contribution in [3.63, 3.8) is 0 Å². The van der Waals surface area contributed by atoms with Gasteiger partial charge in [0.1, 0.15) is 29.4 Å². The van der Waals surface area contributed by atoms with Gasteiger partial charge < -0.3 is 29.3 Å². The van der Waals surface area contributed by atoms with Crippen LogP contribution in [0.15, 0.2) is 67.0 Å². The van der Waals surface area contributed by atoms with Gasteiger partial charge in [-0.05, 0) is 111 Å². The van der Waals surface area contributed by atoms with Gasteiger partial charge in [-0.1, -0.05) is 27.7 Å². The number of nitrogens with one attached hydrogen (secondary N) is 1. The van der Waals surface area contributed by atoms with Crippen molar-refractivity contribution in [3.05, 3.63) is 101 Å². The average molecular weight is 996 g/mol. The fourth-order valence-corrected chi connectivity index (χ4v) is 13.9. The lowest BCUT2D eigenvalue weighted by atomic mass is 9.49. The summed E-state index contributed by atoms with van der Waals surface area (Å²) in [5.74, 6) is 2.56. The summed E-state index contributed by atoms with van der Waals surface area (Å²) in [6.07, 6.45) is 9.36. The number of hydrogen-bond acceptors (Lipinski definition) is 10. The molecule has 3 aliphatic heterocycles. The number of nitriles is 1. The first-order chi connectivity index (χ1) is 34.9. The smallest absolute Gasteiger partial charge is 0.264 e. The quantitative estimate of drug-likeness (QED) is 0.128. The van der Waals surface area contributed by atoms with Crippen LogP contribution in [-0.2, 0) is 31.2 Å². The van der Waals surface area contributed by atoms with E-state index in [-0.39, 0.29) is 52.5 Å². The maximum Gasteiger partial charge on any atom is 0.264 e. The molecular formula is C57H67F2N9O5. The van der Waals surface area contributed by atoms with E-state index in [1.807, 2.05) is 35.2 Å². The second kappa shape index (κ2) is 18.5. The van der Waals surface area contributed by atoms with Crippen LogP contribution < -0.4 is 24.4 Å². The van der Waals surface area contributed by atoms with Crippen molar-refractivity contribution in [2.75, 3.05) is 38.2 Å². The zero-order chi connectivity index (χ0) is 51.1. The standard InChI is InChI=1S/C57H67F2N9O5/c1-34(69)65-22-20-47-46(31-65)51(67-21-8-9-36-23-44(38-29-61-64(6)30-38)45(50(58)59)25-48(36)67)63-68(47)40-15-13-39(14-16-40)66-32-57(33-66)26-43(27-57)72-41-17-10-35(11-18-41)52(70)62-53-55(2,3)54(56(53,4)5)73-42-19-12-37(28-60)49(24-42)71-7/h10-12,17-19,23-25,29-30,39-40,43,50,53-54H,8-9,13-16,20-22,26-27,31-33H2,1-7H3,(H,62,70). The Balaban J connectivity index is 0.683. The molecule has 3 saturated carbocycles. The maximum absolute atomic E-state index is 14.8. The number of fused-ring (bicyclic) bond motifs is 2. The normalized spacial score (nSPS) is 23.8. The minimum atomic E-state index is -2.66. The van der Waals surface area contributed by atoms with E-state index in [0.29, 0.717) is 64.8 Å². The summed E-state index contributed by atoms with van der Waals surface area (Å²) in [6, 6.07) is 19.1. The number of alkyl halides is 2. The van der Waals surface area contributed by atoms with Crippen molar-refractivity contribution in [1.29, 1.82) is 5.26 Å². The highest BCUT2D eigenvalue weighted by atomic mass is 19.3. The van der Waals surface area contributed by atoms with E-state index in [2.05, 4.69) is 58.7 Å². The lowest BCUT2D eigenvalue weighted by molar-refractivity contribution is -0.164. The monoisotopic (exact) mass is 996 g/mol. The van der Waals surface area contributed by atoms with Crippen LogP contribution in [0.25, 0.3) is 11.1 Å². The van der Waals surface area contributed by atoms with Crippen molar-refractivity contribution in [1.82, 2.24) is 34.7 Å². The van der Waals surface area contributed by atoms with Crippen LogP contribution in [0.2, 0.25) is 0 Å². The highest BCUT2D eigenvalue weighted by molar-refractivity contribution is 5.94. The summed E-state index contributed by atoms with van der Waals surface area (Å²) in [5, 5.41) is 22.3. The summed E-state index contributed by atoms with van der Waals surface area (Å²) in [4.78, 5) is 33.0. The van der Waals surface area contributed by atoms with Crippen LogP contribution in [0.3, 0.4) is 0 Å². The zero-order valence-electron chi connectivity index (χ0n) is 43.1. The molecule has 3 aliphatic carbocycles. The molecule has 73 heavy (non-hydrogen) atoms. The highest BCUT2D eigenvalue weighted by Crippen LogP contribution is 2.56. The molecule has 1 saturated heterocycles. The van der Waals surface area contributed by atoms with Crippen molar-refractivity contribution in [2.24, 2.45) is 23.3 Å². The molecule has 0 radical (unpaired) electrons. The molecule has 0 unspecified atom stereocenters. The second-order valence-corrected chi connectivity index (χ2v) is 23.0. The molecule has 6 aliphatic rings. The van der Waals surface area contributed by atoms with Gasteiger partial charge in [-0.25, -0.2) is 8.78 Å². The molecule has 2 amide bonds. The number of rotatable bonds is 12. The van der Waals surface area contributed by atoms with E-state index in [4.69, 9.17) is 19.3 Å². The molecule has 14 nitrogen and oxygen atoms in total. The van der Waals surface area contributed by atoms with Gasteiger partial charge in [-0.2, -0.15) is 15.5 Å². The first kappa shape index (κ1) is 48.8. The third-order valence-corrected chi connectivity index (χ3v) is 17.4. The molecule has 0 bridgehead atoms. The first-order valence-electron chi connectivity index (χ1n) is 26.1.